The molecule has 122 valence electrons. The fraction of sp³-hybridized carbons (Fsp3) is 0.571. The number of H-pyrrole nitrogens is 1. The second-order valence-corrected chi connectivity index (χ2v) is 6.00. The van der Waals surface area contributed by atoms with Gasteiger partial charge in [-0.3, -0.25) is 9.59 Å². The van der Waals surface area contributed by atoms with Crippen molar-refractivity contribution in [2.24, 2.45) is 0 Å². The summed E-state index contributed by atoms with van der Waals surface area (Å²) in [6, 6.07) is 0.618. The number of hydrogen-bond acceptors (Lipinski definition) is 3. The third-order valence-electron chi connectivity index (χ3n) is 4.27. The number of nitrogens with zero attached hydrogens (tertiary/aromatic N) is 2. The van der Waals surface area contributed by atoms with Gasteiger partial charge in [0.15, 0.2) is 0 Å². The van der Waals surface area contributed by atoms with E-state index in [0.717, 1.165) is 12.6 Å². The molecule has 22 heavy (non-hydrogen) atoms. The highest BCUT2D eigenvalue weighted by atomic mass is 19.4. The van der Waals surface area contributed by atoms with Gasteiger partial charge >= 0.3 is 6.18 Å². The Balaban J connectivity index is 2.27. The number of nitrogens with one attached hydrogen (secondary N) is 1. The van der Waals surface area contributed by atoms with E-state index >= 15 is 0 Å². The minimum Gasteiger partial charge on any atom is -0.337 e. The summed E-state index contributed by atoms with van der Waals surface area (Å²) >= 11 is 0. The number of pyridine rings is 1. The predicted octanol–water partition coefficient (Wildman–Crippen LogP) is 1.56. The van der Waals surface area contributed by atoms with Crippen LogP contribution in [-0.4, -0.2) is 53.4 Å². The Morgan fingerprint density at radius 1 is 1.41 bits per heavy atom. The van der Waals surface area contributed by atoms with Gasteiger partial charge in [0.25, 0.3) is 11.5 Å². The zero-order valence-corrected chi connectivity index (χ0v) is 12.6. The van der Waals surface area contributed by atoms with Gasteiger partial charge in [-0.1, -0.05) is 0 Å². The lowest BCUT2D eigenvalue weighted by Crippen LogP contribution is -2.44. The third-order valence-corrected chi connectivity index (χ3v) is 4.27. The van der Waals surface area contributed by atoms with E-state index in [1.165, 1.54) is 4.90 Å². The van der Waals surface area contributed by atoms with Crippen LogP contribution in [0.1, 0.15) is 29.3 Å². The van der Waals surface area contributed by atoms with Crippen molar-refractivity contribution in [3.05, 3.63) is 33.7 Å². The SMILES string of the molecule is CN(C)C1(C)CCN(C(=O)c2c[nH]c(=O)c(C(F)(F)F)c2)C1. The van der Waals surface area contributed by atoms with Gasteiger partial charge in [0, 0.05) is 24.8 Å². The first-order valence-corrected chi connectivity index (χ1v) is 6.81. The van der Waals surface area contributed by atoms with Crippen LogP contribution in [0.3, 0.4) is 0 Å². The fourth-order valence-corrected chi connectivity index (χ4v) is 2.48. The third kappa shape index (κ3) is 3.01. The molecule has 1 saturated heterocycles. The van der Waals surface area contributed by atoms with E-state index in [-0.39, 0.29) is 11.1 Å². The molecular formula is C14H18F3N3O2. The number of likely N-dealkylation sites (N-methyl/N-ethyl adjacent to an activating group) is 1. The van der Waals surface area contributed by atoms with Crippen LogP contribution >= 0.6 is 0 Å². The molecular weight excluding hydrogens is 299 g/mol. The zero-order valence-electron chi connectivity index (χ0n) is 12.6. The van der Waals surface area contributed by atoms with Gasteiger partial charge < -0.3 is 14.8 Å². The maximum absolute atomic E-state index is 12.7. The molecule has 8 heteroatoms. The van der Waals surface area contributed by atoms with Crippen molar-refractivity contribution in [3.8, 4) is 0 Å². The van der Waals surface area contributed by atoms with E-state index in [2.05, 4.69) is 0 Å². The number of halogens is 3. The van der Waals surface area contributed by atoms with Crippen LogP contribution in [-0.2, 0) is 6.18 Å². The minimum atomic E-state index is -4.78. The average molecular weight is 317 g/mol. The van der Waals surface area contributed by atoms with Crippen molar-refractivity contribution in [3.63, 3.8) is 0 Å². The molecule has 1 fully saturated rings. The van der Waals surface area contributed by atoms with Crippen molar-refractivity contribution >= 4 is 5.91 Å². The van der Waals surface area contributed by atoms with E-state index in [0.29, 0.717) is 19.2 Å². The van der Waals surface area contributed by atoms with Crippen LogP contribution in [0.2, 0.25) is 0 Å². The average Bonchev–Trinajstić information content (AvgIpc) is 2.81. The van der Waals surface area contributed by atoms with Crippen LogP contribution in [0.5, 0.6) is 0 Å². The number of rotatable bonds is 2. The first kappa shape index (κ1) is 16.5. The highest BCUT2D eigenvalue weighted by Gasteiger charge is 2.39. The molecule has 0 aliphatic carbocycles. The number of aromatic nitrogens is 1. The lowest BCUT2D eigenvalue weighted by molar-refractivity contribution is -0.138. The smallest absolute Gasteiger partial charge is 0.337 e. The molecule has 1 atom stereocenters. The number of hydrogen-bond donors (Lipinski definition) is 1. The van der Waals surface area contributed by atoms with Crippen molar-refractivity contribution in [2.45, 2.75) is 25.1 Å². The summed E-state index contributed by atoms with van der Waals surface area (Å²) in [5.41, 5.74) is -2.96. The zero-order chi connectivity index (χ0) is 16.7. The van der Waals surface area contributed by atoms with Crippen molar-refractivity contribution in [1.29, 1.82) is 0 Å². The van der Waals surface area contributed by atoms with Gasteiger partial charge in [0.1, 0.15) is 5.56 Å². The highest BCUT2D eigenvalue weighted by Crippen LogP contribution is 2.29. The molecule has 5 nitrogen and oxygen atoms in total. The van der Waals surface area contributed by atoms with Crippen LogP contribution in [0.4, 0.5) is 13.2 Å². The monoisotopic (exact) mass is 317 g/mol. The summed E-state index contributed by atoms with van der Waals surface area (Å²) in [5.74, 6) is -0.507. The number of amides is 1. The normalized spacial score (nSPS) is 22.4. The predicted molar refractivity (Wildman–Crippen MR) is 74.7 cm³/mol. The van der Waals surface area contributed by atoms with Crippen LogP contribution < -0.4 is 5.56 Å². The Kier molecular flexibility index (Phi) is 4.08. The summed E-state index contributed by atoms with van der Waals surface area (Å²) in [4.78, 5) is 29.1. The molecule has 0 bridgehead atoms. The summed E-state index contributed by atoms with van der Waals surface area (Å²) < 4.78 is 38.2. The molecule has 2 rings (SSSR count). The first-order chi connectivity index (χ1) is 10.0. The van der Waals surface area contributed by atoms with E-state index in [1.54, 1.807) is 0 Å². The van der Waals surface area contributed by atoms with Gasteiger partial charge in [0.2, 0.25) is 0 Å². The van der Waals surface area contributed by atoms with Crippen molar-refractivity contribution < 1.29 is 18.0 Å². The molecule has 1 aliphatic rings. The summed E-state index contributed by atoms with van der Waals surface area (Å²) in [5, 5.41) is 0. The molecule has 1 N–H and O–H groups in total. The molecule has 1 unspecified atom stereocenters. The van der Waals surface area contributed by atoms with Crippen molar-refractivity contribution in [2.75, 3.05) is 27.2 Å². The maximum Gasteiger partial charge on any atom is 0.421 e. The van der Waals surface area contributed by atoms with Crippen LogP contribution in [0, 0.1) is 0 Å². The summed E-state index contributed by atoms with van der Waals surface area (Å²) in [6.07, 6.45) is -3.01. The lowest BCUT2D eigenvalue weighted by Gasteiger charge is -2.32. The van der Waals surface area contributed by atoms with Gasteiger partial charge in [-0.2, -0.15) is 13.2 Å². The standard InChI is InChI=1S/C14H18F3N3O2/c1-13(19(2)3)4-5-20(8-13)12(22)9-6-10(14(15,16)17)11(21)18-7-9/h6-7H,4-5,8H2,1-3H3,(H,18,21). The molecule has 0 aromatic carbocycles. The number of likely N-dealkylation sites (tertiary alicyclic amines) is 1. The maximum atomic E-state index is 12.7. The Hall–Kier alpha value is -1.83. The van der Waals surface area contributed by atoms with Gasteiger partial charge in [-0.25, -0.2) is 0 Å². The van der Waals surface area contributed by atoms with Crippen molar-refractivity contribution in [1.82, 2.24) is 14.8 Å². The molecule has 1 amide bonds. The van der Waals surface area contributed by atoms with Crippen LogP contribution in [0.15, 0.2) is 17.1 Å². The topological polar surface area (TPSA) is 56.4 Å². The van der Waals surface area contributed by atoms with Crippen LogP contribution in [0.25, 0.3) is 0 Å². The Bertz CT molecular complexity index is 639. The van der Waals surface area contributed by atoms with E-state index in [1.807, 2.05) is 30.9 Å². The molecule has 0 spiro atoms. The second-order valence-electron chi connectivity index (χ2n) is 6.00. The fourth-order valence-electron chi connectivity index (χ4n) is 2.48. The summed E-state index contributed by atoms with van der Waals surface area (Å²) in [6.45, 7) is 2.89. The molecule has 0 radical (unpaired) electrons. The number of carbonyl (C=O) groups excluding carboxylic acids is 1. The Morgan fingerprint density at radius 2 is 2.05 bits per heavy atom. The van der Waals surface area contributed by atoms with Gasteiger partial charge in [-0.15, -0.1) is 0 Å². The van der Waals surface area contributed by atoms with E-state index in [4.69, 9.17) is 0 Å². The molecule has 1 aromatic heterocycles. The molecule has 1 aromatic rings. The van der Waals surface area contributed by atoms with E-state index < -0.39 is 23.2 Å². The second kappa shape index (κ2) is 5.42. The Morgan fingerprint density at radius 3 is 2.55 bits per heavy atom. The quantitative estimate of drug-likeness (QED) is 0.900. The first-order valence-electron chi connectivity index (χ1n) is 6.81. The number of aromatic amines is 1. The van der Waals surface area contributed by atoms with E-state index in [9.17, 15) is 22.8 Å². The molecule has 0 saturated carbocycles. The Labute approximate surface area is 125 Å². The van der Waals surface area contributed by atoms with Gasteiger partial charge in [-0.05, 0) is 33.5 Å². The largest absolute Gasteiger partial charge is 0.421 e. The number of carbonyl (C=O) groups is 1. The summed E-state index contributed by atoms with van der Waals surface area (Å²) in [7, 11) is 3.80. The number of alkyl halides is 3. The minimum absolute atomic E-state index is 0.157. The lowest BCUT2D eigenvalue weighted by atomic mass is 10.0. The highest BCUT2D eigenvalue weighted by molar-refractivity contribution is 5.94. The molecule has 2 heterocycles. The molecule has 1 aliphatic heterocycles. The van der Waals surface area contributed by atoms with Gasteiger partial charge in [0.05, 0.1) is 5.56 Å².